The zero-order chi connectivity index (χ0) is 24.2. The van der Waals surface area contributed by atoms with Gasteiger partial charge in [0.1, 0.15) is 23.0 Å². The fraction of sp³-hybridized carbons (Fsp3) is 0.273. The highest BCUT2D eigenvalue weighted by Gasteiger charge is 2.36. The van der Waals surface area contributed by atoms with E-state index in [-0.39, 0.29) is 60.0 Å². The predicted octanol–water partition coefficient (Wildman–Crippen LogP) is 3.54. The number of fused-ring (bicyclic) bond motifs is 2. The summed E-state index contributed by atoms with van der Waals surface area (Å²) in [6.07, 6.45) is -4.57. The molecular weight excluding hydrogens is 462 g/mol. The molecule has 5 rings (SSSR count). The van der Waals surface area contributed by atoms with Crippen molar-refractivity contribution in [3.05, 3.63) is 58.7 Å². The lowest BCUT2D eigenvalue weighted by Gasteiger charge is -2.17. The van der Waals surface area contributed by atoms with Crippen molar-refractivity contribution in [2.24, 2.45) is 0 Å². The van der Waals surface area contributed by atoms with Gasteiger partial charge in [-0.15, -0.1) is 13.2 Å². The number of hydrogen-bond acceptors (Lipinski definition) is 6. The highest BCUT2D eigenvalue weighted by molar-refractivity contribution is 6.01. The normalized spacial score (nSPS) is 18.2. The first-order chi connectivity index (χ1) is 16.1. The van der Waals surface area contributed by atoms with Crippen LogP contribution in [-0.4, -0.2) is 34.0 Å². The molecule has 3 amide bonds. The molecule has 1 saturated heterocycles. The van der Waals surface area contributed by atoms with Gasteiger partial charge in [-0.3, -0.25) is 19.7 Å². The Morgan fingerprint density at radius 2 is 1.91 bits per heavy atom. The van der Waals surface area contributed by atoms with Crippen molar-refractivity contribution in [3.8, 4) is 5.75 Å². The van der Waals surface area contributed by atoms with Gasteiger partial charge in [0.25, 0.3) is 5.91 Å². The average Bonchev–Trinajstić information content (AvgIpc) is 3.39. The van der Waals surface area contributed by atoms with Gasteiger partial charge in [-0.25, -0.2) is 9.37 Å². The molecule has 1 fully saturated rings. The van der Waals surface area contributed by atoms with Gasteiger partial charge in [0.05, 0.1) is 6.54 Å². The van der Waals surface area contributed by atoms with E-state index in [1.165, 1.54) is 23.1 Å². The Morgan fingerprint density at radius 1 is 1.15 bits per heavy atom. The summed E-state index contributed by atoms with van der Waals surface area (Å²) in [6, 6.07) is 6.10. The van der Waals surface area contributed by atoms with Crippen LogP contribution in [0.2, 0.25) is 0 Å². The zero-order valence-electron chi connectivity index (χ0n) is 17.2. The van der Waals surface area contributed by atoms with Crippen LogP contribution in [0.25, 0.3) is 11.1 Å². The Labute approximate surface area is 188 Å². The second kappa shape index (κ2) is 7.82. The number of ether oxygens (including phenoxy) is 1. The highest BCUT2D eigenvalue weighted by atomic mass is 19.4. The number of benzene rings is 2. The summed E-state index contributed by atoms with van der Waals surface area (Å²) in [7, 11) is 0. The lowest BCUT2D eigenvalue weighted by Crippen LogP contribution is -2.39. The Morgan fingerprint density at radius 3 is 2.65 bits per heavy atom. The number of hydrogen-bond donors (Lipinski definition) is 1. The number of aromatic nitrogens is 1. The number of oxazole rings is 1. The van der Waals surface area contributed by atoms with Crippen LogP contribution >= 0.6 is 0 Å². The Kier molecular flexibility index (Phi) is 5.03. The molecule has 3 heterocycles. The summed E-state index contributed by atoms with van der Waals surface area (Å²) in [4.78, 5) is 41.9. The Balaban J connectivity index is 1.39. The van der Waals surface area contributed by atoms with E-state index >= 15 is 0 Å². The molecule has 2 aliphatic heterocycles. The van der Waals surface area contributed by atoms with E-state index < -0.39 is 35.7 Å². The Bertz CT molecular complexity index is 1350. The maximum atomic E-state index is 14.2. The van der Waals surface area contributed by atoms with Crippen LogP contribution < -0.4 is 10.1 Å². The van der Waals surface area contributed by atoms with Gasteiger partial charge < -0.3 is 14.1 Å². The van der Waals surface area contributed by atoms with E-state index in [0.717, 1.165) is 12.1 Å². The van der Waals surface area contributed by atoms with Gasteiger partial charge in [-0.05, 0) is 36.8 Å². The first-order valence-electron chi connectivity index (χ1n) is 10.2. The number of carbonyl (C=O) groups excluding carboxylic acids is 3. The molecule has 2 aromatic carbocycles. The minimum absolute atomic E-state index is 0.0454. The van der Waals surface area contributed by atoms with E-state index in [1.807, 2.05) is 0 Å². The summed E-state index contributed by atoms with van der Waals surface area (Å²) >= 11 is 0. The molecule has 3 aromatic rings. The first-order valence-corrected chi connectivity index (χ1v) is 10.2. The molecule has 1 aromatic heterocycles. The largest absolute Gasteiger partial charge is 0.573 e. The number of nitrogens with zero attached hydrogens (tertiary/aromatic N) is 2. The van der Waals surface area contributed by atoms with Crippen molar-refractivity contribution in [2.75, 3.05) is 0 Å². The van der Waals surface area contributed by atoms with E-state index in [2.05, 4.69) is 15.0 Å². The van der Waals surface area contributed by atoms with E-state index in [4.69, 9.17) is 4.42 Å². The molecule has 0 radical (unpaired) electrons. The molecule has 8 nitrogen and oxygen atoms in total. The highest BCUT2D eigenvalue weighted by Crippen LogP contribution is 2.36. The summed E-state index contributed by atoms with van der Waals surface area (Å²) in [5.41, 5.74) is 0.648. The predicted molar refractivity (Wildman–Crippen MR) is 106 cm³/mol. The van der Waals surface area contributed by atoms with Crippen LogP contribution in [-0.2, 0) is 22.7 Å². The fourth-order valence-corrected chi connectivity index (χ4v) is 4.12. The quantitative estimate of drug-likeness (QED) is 0.458. The fourth-order valence-electron chi connectivity index (χ4n) is 4.12. The molecule has 176 valence electrons. The third-order valence-corrected chi connectivity index (χ3v) is 5.73. The van der Waals surface area contributed by atoms with Crippen LogP contribution in [0.5, 0.6) is 5.75 Å². The van der Waals surface area contributed by atoms with E-state index in [9.17, 15) is 31.9 Å². The van der Waals surface area contributed by atoms with Crippen LogP contribution in [0.1, 0.15) is 46.1 Å². The van der Waals surface area contributed by atoms with Gasteiger partial charge >= 0.3 is 6.36 Å². The number of carbonyl (C=O) groups is 3. The number of piperidine rings is 1. The monoisotopic (exact) mass is 477 g/mol. The molecular formula is C22H15F4N3O5. The molecule has 12 heteroatoms. The summed E-state index contributed by atoms with van der Waals surface area (Å²) in [5, 5.41) is 2.22. The summed E-state index contributed by atoms with van der Waals surface area (Å²) in [5.74, 6) is -3.39. The van der Waals surface area contributed by atoms with Gasteiger partial charge in [-0.2, -0.15) is 0 Å². The summed E-state index contributed by atoms with van der Waals surface area (Å²) in [6.45, 7) is -0.502. The van der Waals surface area contributed by atoms with Gasteiger partial charge in [0, 0.05) is 29.7 Å². The zero-order valence-corrected chi connectivity index (χ0v) is 17.2. The second-order valence-electron chi connectivity index (χ2n) is 7.95. The smallest absolute Gasteiger partial charge is 0.440 e. The number of halogens is 4. The maximum absolute atomic E-state index is 14.2. The van der Waals surface area contributed by atoms with Crippen molar-refractivity contribution < 1.29 is 41.1 Å². The summed E-state index contributed by atoms with van der Waals surface area (Å²) < 4.78 is 62.0. The number of rotatable bonds is 3. The minimum atomic E-state index is -4.96. The SMILES string of the molecule is O=C1CCC(c2nc3ccc(C(=O)N4Cc5c(F)ccc(OC(F)(F)F)c5C4)cc3o2)C(=O)N1. The van der Waals surface area contributed by atoms with E-state index in [1.54, 1.807) is 0 Å². The third-order valence-electron chi connectivity index (χ3n) is 5.73. The molecule has 1 unspecified atom stereocenters. The van der Waals surface area contributed by atoms with Crippen molar-refractivity contribution in [3.63, 3.8) is 0 Å². The van der Waals surface area contributed by atoms with Crippen molar-refractivity contribution >= 4 is 28.8 Å². The van der Waals surface area contributed by atoms with Gasteiger partial charge in [0.2, 0.25) is 17.7 Å². The molecule has 0 saturated carbocycles. The topological polar surface area (TPSA) is 102 Å². The van der Waals surface area contributed by atoms with Gasteiger partial charge in [0.15, 0.2) is 5.58 Å². The Hall–Kier alpha value is -3.96. The lowest BCUT2D eigenvalue weighted by atomic mass is 9.98. The molecule has 0 aliphatic carbocycles. The maximum Gasteiger partial charge on any atom is 0.573 e. The minimum Gasteiger partial charge on any atom is -0.440 e. The molecule has 1 N–H and O–H groups in total. The third kappa shape index (κ3) is 3.95. The molecule has 0 bridgehead atoms. The van der Waals surface area contributed by atoms with Crippen LogP contribution in [0.4, 0.5) is 17.6 Å². The standard InChI is InChI=1S/C22H15F4N3O5/c23-14-3-5-16(34-22(24,25)26)13-9-29(8-12(13)14)21(32)10-1-4-15-17(7-10)33-20(27-15)11-2-6-18(30)28-19(11)31/h1,3-5,7,11H,2,6,8-9H2,(H,28,30,31). The van der Waals surface area contributed by atoms with Crippen molar-refractivity contribution in [2.45, 2.75) is 38.2 Å². The number of imide groups is 1. The molecule has 1 atom stereocenters. The van der Waals surface area contributed by atoms with Crippen LogP contribution in [0.15, 0.2) is 34.7 Å². The first kappa shape index (κ1) is 21.9. The number of alkyl halides is 3. The van der Waals surface area contributed by atoms with Crippen LogP contribution in [0, 0.1) is 5.82 Å². The average molecular weight is 477 g/mol. The second-order valence-corrected chi connectivity index (χ2v) is 7.95. The van der Waals surface area contributed by atoms with Gasteiger partial charge in [-0.1, -0.05) is 0 Å². The van der Waals surface area contributed by atoms with Crippen LogP contribution in [0.3, 0.4) is 0 Å². The molecule has 34 heavy (non-hydrogen) atoms. The van der Waals surface area contributed by atoms with E-state index in [0.29, 0.717) is 5.52 Å². The lowest BCUT2D eigenvalue weighted by molar-refractivity contribution is -0.274. The van der Waals surface area contributed by atoms with Crippen molar-refractivity contribution in [1.29, 1.82) is 0 Å². The molecule has 0 spiro atoms. The van der Waals surface area contributed by atoms with Crippen molar-refractivity contribution in [1.82, 2.24) is 15.2 Å². The number of nitrogens with one attached hydrogen (secondary N) is 1. The molecule has 2 aliphatic rings. The number of amides is 3.